The zero-order valence-electron chi connectivity index (χ0n) is 16.4. The minimum atomic E-state index is -1.05. The molecule has 0 radical (unpaired) electrons. The molecule has 8 heteroatoms. The third-order valence-corrected chi connectivity index (χ3v) is 6.19. The van der Waals surface area contributed by atoms with E-state index in [1.54, 1.807) is 0 Å². The topological polar surface area (TPSA) is 95.8 Å². The summed E-state index contributed by atoms with van der Waals surface area (Å²) >= 11 is 6.30. The van der Waals surface area contributed by atoms with Crippen LogP contribution in [0.1, 0.15) is 34.6 Å². The predicted octanol–water partition coefficient (Wildman–Crippen LogP) is 3.10. The van der Waals surface area contributed by atoms with E-state index in [1.165, 1.54) is 12.3 Å². The summed E-state index contributed by atoms with van der Waals surface area (Å²) in [4.78, 5) is 21.9. The maximum absolute atomic E-state index is 11.1. The second-order valence-electron chi connectivity index (χ2n) is 7.99. The van der Waals surface area contributed by atoms with Gasteiger partial charge < -0.3 is 19.8 Å². The quantitative estimate of drug-likeness (QED) is 0.789. The number of aryl methyl sites for hydroxylation is 2. The zero-order valence-corrected chi connectivity index (χ0v) is 17.1. The zero-order chi connectivity index (χ0) is 20.7. The first-order chi connectivity index (χ1) is 13.8. The van der Waals surface area contributed by atoms with Crippen molar-refractivity contribution in [1.29, 1.82) is 0 Å². The molecule has 0 aromatic carbocycles. The Balaban J connectivity index is 1.47. The molecule has 1 saturated heterocycles. The highest BCUT2D eigenvalue weighted by Gasteiger charge is 2.43. The Morgan fingerprint density at radius 1 is 1.24 bits per heavy atom. The molecule has 0 bridgehead atoms. The average molecular weight is 418 g/mol. The number of pyridine rings is 2. The molecule has 2 aliphatic rings. The number of aliphatic hydroxyl groups is 1. The van der Waals surface area contributed by atoms with Gasteiger partial charge in [0, 0.05) is 25.0 Å². The number of halogens is 1. The minimum absolute atomic E-state index is 0.0707. The Kier molecular flexibility index (Phi) is 5.36. The SMILES string of the molecule is Cc1ccc(O[C@@H]2C[C@@H]3CN(c4ncc(C(=O)O)cc4Cl)C[C@@H]3C[C@H]2O)c(C)n1. The highest BCUT2D eigenvalue weighted by atomic mass is 35.5. The number of carboxylic acids is 1. The van der Waals surface area contributed by atoms with Gasteiger partial charge in [-0.3, -0.25) is 4.98 Å². The molecule has 154 valence electrons. The molecule has 0 amide bonds. The molecule has 1 aliphatic heterocycles. The Morgan fingerprint density at radius 3 is 2.62 bits per heavy atom. The molecule has 1 saturated carbocycles. The van der Waals surface area contributed by atoms with Gasteiger partial charge in [-0.2, -0.15) is 0 Å². The number of carboxylic acid groups (broad SMARTS) is 1. The molecule has 29 heavy (non-hydrogen) atoms. The van der Waals surface area contributed by atoms with Crippen LogP contribution < -0.4 is 9.64 Å². The van der Waals surface area contributed by atoms with Gasteiger partial charge in [-0.25, -0.2) is 9.78 Å². The maximum Gasteiger partial charge on any atom is 0.337 e. The van der Waals surface area contributed by atoms with E-state index in [0.29, 0.717) is 34.8 Å². The van der Waals surface area contributed by atoms with Crippen molar-refractivity contribution in [3.05, 3.63) is 46.4 Å². The highest BCUT2D eigenvalue weighted by molar-refractivity contribution is 6.33. The third-order valence-electron chi connectivity index (χ3n) is 5.91. The van der Waals surface area contributed by atoms with Gasteiger partial charge >= 0.3 is 5.97 Å². The molecule has 1 aliphatic carbocycles. The summed E-state index contributed by atoms with van der Waals surface area (Å²) in [7, 11) is 0. The number of hydrogen-bond acceptors (Lipinski definition) is 6. The first-order valence-electron chi connectivity index (χ1n) is 9.74. The fraction of sp³-hybridized carbons (Fsp3) is 0.476. The number of fused-ring (bicyclic) bond motifs is 1. The fourth-order valence-corrected chi connectivity index (χ4v) is 4.72. The van der Waals surface area contributed by atoms with Crippen molar-refractivity contribution in [3.63, 3.8) is 0 Å². The van der Waals surface area contributed by atoms with Crippen LogP contribution in [0.15, 0.2) is 24.4 Å². The van der Waals surface area contributed by atoms with Gasteiger partial charge in [-0.05, 0) is 56.7 Å². The van der Waals surface area contributed by atoms with E-state index >= 15 is 0 Å². The molecule has 4 atom stereocenters. The lowest BCUT2D eigenvalue weighted by atomic mass is 9.78. The first kappa shape index (κ1) is 19.9. The highest BCUT2D eigenvalue weighted by Crippen LogP contribution is 2.40. The molecule has 7 nitrogen and oxygen atoms in total. The van der Waals surface area contributed by atoms with Crippen LogP contribution in [0, 0.1) is 25.7 Å². The molecule has 2 aromatic heterocycles. The molecule has 0 spiro atoms. The first-order valence-corrected chi connectivity index (χ1v) is 10.1. The van der Waals surface area contributed by atoms with Gasteiger partial charge in [-0.15, -0.1) is 0 Å². The molecule has 3 heterocycles. The normalized spacial score (nSPS) is 26.3. The van der Waals surface area contributed by atoms with Gasteiger partial charge in [0.25, 0.3) is 0 Å². The summed E-state index contributed by atoms with van der Waals surface area (Å²) in [6.07, 6.45) is 1.89. The maximum atomic E-state index is 11.1. The van der Waals surface area contributed by atoms with Crippen molar-refractivity contribution in [2.24, 2.45) is 11.8 Å². The summed E-state index contributed by atoms with van der Waals surface area (Å²) in [5.41, 5.74) is 1.83. The van der Waals surface area contributed by atoms with Crippen LogP contribution in [0.25, 0.3) is 0 Å². The molecule has 2 aromatic rings. The van der Waals surface area contributed by atoms with Crippen LogP contribution in [0.2, 0.25) is 5.02 Å². The van der Waals surface area contributed by atoms with Crippen molar-refractivity contribution >= 4 is 23.4 Å². The number of anilines is 1. The molecular formula is C21H24ClN3O4. The van der Waals surface area contributed by atoms with Crippen molar-refractivity contribution in [2.75, 3.05) is 18.0 Å². The second kappa shape index (κ2) is 7.80. The van der Waals surface area contributed by atoms with Gasteiger partial charge in [0.1, 0.15) is 17.7 Å². The smallest absolute Gasteiger partial charge is 0.337 e. The molecule has 2 fully saturated rings. The van der Waals surface area contributed by atoms with Crippen LogP contribution >= 0.6 is 11.6 Å². The Hall–Kier alpha value is -2.38. The summed E-state index contributed by atoms with van der Waals surface area (Å²) in [5, 5.41) is 20.1. The number of aromatic carboxylic acids is 1. The van der Waals surface area contributed by atoms with Crippen LogP contribution in [-0.4, -0.2) is 51.4 Å². The van der Waals surface area contributed by atoms with Gasteiger partial charge in [0.05, 0.1) is 22.4 Å². The van der Waals surface area contributed by atoms with Crippen LogP contribution in [0.5, 0.6) is 5.75 Å². The third kappa shape index (κ3) is 4.02. The van der Waals surface area contributed by atoms with E-state index in [1.807, 2.05) is 26.0 Å². The van der Waals surface area contributed by atoms with Crippen LogP contribution in [0.3, 0.4) is 0 Å². The van der Waals surface area contributed by atoms with E-state index in [2.05, 4.69) is 14.9 Å². The van der Waals surface area contributed by atoms with E-state index < -0.39 is 12.1 Å². The van der Waals surface area contributed by atoms with E-state index in [9.17, 15) is 9.90 Å². The molecule has 4 rings (SSSR count). The number of aliphatic hydroxyl groups excluding tert-OH is 1. The van der Waals surface area contributed by atoms with E-state index in [4.69, 9.17) is 21.4 Å². The number of hydrogen-bond donors (Lipinski definition) is 2. The summed E-state index contributed by atoms with van der Waals surface area (Å²) in [5.74, 6) is 0.918. The molecule has 2 N–H and O–H groups in total. The van der Waals surface area contributed by atoms with E-state index in [0.717, 1.165) is 30.9 Å². The predicted molar refractivity (Wildman–Crippen MR) is 109 cm³/mol. The van der Waals surface area contributed by atoms with Gasteiger partial charge in [0.2, 0.25) is 0 Å². The van der Waals surface area contributed by atoms with Crippen molar-refractivity contribution in [1.82, 2.24) is 9.97 Å². The monoisotopic (exact) mass is 417 g/mol. The summed E-state index contributed by atoms with van der Waals surface area (Å²) < 4.78 is 6.13. The Morgan fingerprint density at radius 2 is 1.97 bits per heavy atom. The largest absolute Gasteiger partial charge is 0.486 e. The molecular weight excluding hydrogens is 394 g/mol. The summed E-state index contributed by atoms with van der Waals surface area (Å²) in [6.45, 7) is 5.33. The fourth-order valence-electron chi connectivity index (χ4n) is 4.43. The second-order valence-corrected chi connectivity index (χ2v) is 8.40. The Labute approximate surface area is 174 Å². The van der Waals surface area contributed by atoms with Crippen LogP contribution in [-0.2, 0) is 0 Å². The number of nitrogens with zero attached hydrogens (tertiary/aromatic N) is 3. The average Bonchev–Trinajstić information content (AvgIpc) is 3.06. The summed E-state index contributed by atoms with van der Waals surface area (Å²) in [6, 6.07) is 5.25. The lowest BCUT2D eigenvalue weighted by Crippen LogP contribution is -2.42. The van der Waals surface area contributed by atoms with Crippen molar-refractivity contribution in [3.8, 4) is 5.75 Å². The number of ether oxygens (including phenoxy) is 1. The van der Waals surface area contributed by atoms with Crippen molar-refractivity contribution < 1.29 is 19.7 Å². The standard InChI is InChI=1S/C21H24ClN3O4/c1-11-3-4-18(12(2)24-11)29-19-7-15-10-25(9-14(15)6-17(19)26)20-16(22)5-13(8-23-20)21(27)28/h3-5,8,14-15,17,19,26H,6-7,9-10H2,1-2H3,(H,27,28)/t14-,15+,17+,19+/m0/s1. The number of rotatable bonds is 4. The van der Waals surface area contributed by atoms with E-state index in [-0.39, 0.29) is 11.7 Å². The number of carbonyl (C=O) groups is 1. The lowest BCUT2D eigenvalue weighted by molar-refractivity contribution is -0.0236. The Bertz CT molecular complexity index is 938. The van der Waals surface area contributed by atoms with Crippen molar-refractivity contribution in [2.45, 2.75) is 38.9 Å². The van der Waals surface area contributed by atoms with Gasteiger partial charge in [-0.1, -0.05) is 11.6 Å². The van der Waals surface area contributed by atoms with Gasteiger partial charge in [0.15, 0.2) is 0 Å². The minimum Gasteiger partial charge on any atom is -0.486 e. The molecule has 0 unspecified atom stereocenters. The lowest BCUT2D eigenvalue weighted by Gasteiger charge is -2.35. The van der Waals surface area contributed by atoms with Crippen LogP contribution in [0.4, 0.5) is 5.82 Å². The number of aromatic nitrogens is 2.